The van der Waals surface area contributed by atoms with Crippen molar-refractivity contribution >= 4 is 11.9 Å². The van der Waals surface area contributed by atoms with E-state index in [-0.39, 0.29) is 12.5 Å². The summed E-state index contributed by atoms with van der Waals surface area (Å²) in [6.07, 6.45) is 2.93. The zero-order valence-corrected chi connectivity index (χ0v) is 12.0. The van der Waals surface area contributed by atoms with Crippen LogP contribution in [0.2, 0.25) is 0 Å². The fourth-order valence-corrected chi connectivity index (χ4v) is 2.18. The highest BCUT2D eigenvalue weighted by atomic mass is 16.4. The standard InChI is InChI=1S/C14H27NO3/c1-5-6-12(14(17)18)9-15-13(16)8-11(4)7-10(2)3/h10-12H,5-9H2,1-4H3,(H,15,16)(H,17,18). The quantitative estimate of drug-likeness (QED) is 0.667. The number of carboxylic acids is 1. The number of carbonyl (C=O) groups is 2. The van der Waals surface area contributed by atoms with Crippen LogP contribution in [-0.4, -0.2) is 23.5 Å². The first-order chi connectivity index (χ1) is 8.36. The highest BCUT2D eigenvalue weighted by Gasteiger charge is 2.18. The molecule has 106 valence electrons. The summed E-state index contributed by atoms with van der Waals surface area (Å²) in [6, 6.07) is 0. The minimum atomic E-state index is -0.827. The van der Waals surface area contributed by atoms with Crippen molar-refractivity contribution in [3.8, 4) is 0 Å². The summed E-state index contributed by atoms with van der Waals surface area (Å²) < 4.78 is 0. The Bertz CT molecular complexity index is 264. The number of rotatable bonds is 9. The maximum atomic E-state index is 11.7. The van der Waals surface area contributed by atoms with Crippen molar-refractivity contribution in [3.63, 3.8) is 0 Å². The second-order valence-electron chi connectivity index (χ2n) is 5.57. The number of hydrogen-bond donors (Lipinski definition) is 2. The molecule has 2 N–H and O–H groups in total. The predicted molar refractivity (Wildman–Crippen MR) is 72.3 cm³/mol. The number of nitrogens with one attached hydrogen (secondary N) is 1. The van der Waals surface area contributed by atoms with Crippen molar-refractivity contribution in [2.75, 3.05) is 6.54 Å². The molecule has 4 heteroatoms. The van der Waals surface area contributed by atoms with E-state index in [2.05, 4.69) is 26.1 Å². The van der Waals surface area contributed by atoms with Crippen LogP contribution in [0.4, 0.5) is 0 Å². The fourth-order valence-electron chi connectivity index (χ4n) is 2.18. The maximum Gasteiger partial charge on any atom is 0.308 e. The lowest BCUT2D eigenvalue weighted by Crippen LogP contribution is -2.33. The van der Waals surface area contributed by atoms with Crippen LogP contribution in [0, 0.1) is 17.8 Å². The zero-order chi connectivity index (χ0) is 14.1. The van der Waals surface area contributed by atoms with E-state index in [1.807, 2.05) is 6.92 Å². The minimum absolute atomic E-state index is 0.0366. The van der Waals surface area contributed by atoms with Gasteiger partial charge >= 0.3 is 5.97 Å². The third-order valence-corrected chi connectivity index (χ3v) is 2.94. The van der Waals surface area contributed by atoms with Crippen LogP contribution in [0.3, 0.4) is 0 Å². The van der Waals surface area contributed by atoms with Crippen molar-refractivity contribution in [1.29, 1.82) is 0 Å². The summed E-state index contributed by atoms with van der Waals surface area (Å²) in [6.45, 7) is 8.52. The van der Waals surface area contributed by atoms with Crippen LogP contribution in [0.15, 0.2) is 0 Å². The first-order valence-electron chi connectivity index (χ1n) is 6.86. The molecule has 0 heterocycles. The number of aliphatic carboxylic acids is 1. The van der Waals surface area contributed by atoms with Gasteiger partial charge in [0.15, 0.2) is 0 Å². The molecule has 0 aliphatic rings. The van der Waals surface area contributed by atoms with Gasteiger partial charge in [-0.25, -0.2) is 0 Å². The summed E-state index contributed by atoms with van der Waals surface area (Å²) in [5.41, 5.74) is 0. The smallest absolute Gasteiger partial charge is 0.308 e. The van der Waals surface area contributed by atoms with Gasteiger partial charge in [-0.05, 0) is 24.7 Å². The van der Waals surface area contributed by atoms with Gasteiger partial charge in [0.05, 0.1) is 5.92 Å². The van der Waals surface area contributed by atoms with Crippen molar-refractivity contribution in [1.82, 2.24) is 5.32 Å². The number of carbonyl (C=O) groups excluding carboxylic acids is 1. The lowest BCUT2D eigenvalue weighted by molar-refractivity contribution is -0.141. The Morgan fingerprint density at radius 1 is 1.22 bits per heavy atom. The molecule has 0 aliphatic carbocycles. The zero-order valence-electron chi connectivity index (χ0n) is 12.0. The fraction of sp³-hybridized carbons (Fsp3) is 0.857. The first kappa shape index (κ1) is 16.9. The van der Waals surface area contributed by atoms with E-state index in [1.165, 1.54) is 0 Å². The monoisotopic (exact) mass is 257 g/mol. The molecule has 0 spiro atoms. The van der Waals surface area contributed by atoms with E-state index < -0.39 is 11.9 Å². The van der Waals surface area contributed by atoms with Gasteiger partial charge in [0.25, 0.3) is 0 Å². The van der Waals surface area contributed by atoms with Crippen LogP contribution in [0.1, 0.15) is 53.4 Å². The molecule has 18 heavy (non-hydrogen) atoms. The number of carboxylic acid groups (broad SMARTS) is 1. The molecule has 0 aromatic rings. The van der Waals surface area contributed by atoms with Gasteiger partial charge in [0.2, 0.25) is 5.91 Å². The van der Waals surface area contributed by atoms with Crippen molar-refractivity contribution in [2.24, 2.45) is 17.8 Å². The predicted octanol–water partition coefficient (Wildman–Crippen LogP) is 2.68. The van der Waals surface area contributed by atoms with Gasteiger partial charge in [-0.15, -0.1) is 0 Å². The van der Waals surface area contributed by atoms with Crippen molar-refractivity contribution in [2.45, 2.75) is 53.4 Å². The van der Waals surface area contributed by atoms with E-state index in [0.29, 0.717) is 24.7 Å². The molecule has 2 atom stereocenters. The van der Waals surface area contributed by atoms with E-state index in [9.17, 15) is 9.59 Å². The van der Waals surface area contributed by atoms with Crippen LogP contribution in [0.5, 0.6) is 0 Å². The van der Waals surface area contributed by atoms with E-state index in [4.69, 9.17) is 5.11 Å². The van der Waals surface area contributed by atoms with Gasteiger partial charge in [-0.3, -0.25) is 9.59 Å². The van der Waals surface area contributed by atoms with Crippen LogP contribution < -0.4 is 5.32 Å². The lowest BCUT2D eigenvalue weighted by atomic mass is 9.95. The molecular formula is C14H27NO3. The van der Waals surface area contributed by atoms with Gasteiger partial charge in [0, 0.05) is 13.0 Å². The summed E-state index contributed by atoms with van der Waals surface area (Å²) in [4.78, 5) is 22.6. The molecule has 0 aromatic carbocycles. The van der Waals surface area contributed by atoms with Crippen LogP contribution >= 0.6 is 0 Å². The van der Waals surface area contributed by atoms with Crippen LogP contribution in [-0.2, 0) is 9.59 Å². The van der Waals surface area contributed by atoms with Gasteiger partial charge in [-0.1, -0.05) is 34.1 Å². The van der Waals surface area contributed by atoms with E-state index in [1.54, 1.807) is 0 Å². The molecular weight excluding hydrogens is 230 g/mol. The average Bonchev–Trinajstić information content (AvgIpc) is 2.22. The summed E-state index contributed by atoms with van der Waals surface area (Å²) in [7, 11) is 0. The Labute approximate surface area is 110 Å². The second kappa shape index (κ2) is 8.95. The molecule has 0 aliphatic heterocycles. The Kier molecular flexibility index (Phi) is 8.42. The topological polar surface area (TPSA) is 66.4 Å². The largest absolute Gasteiger partial charge is 0.481 e. The molecule has 0 saturated heterocycles. The summed E-state index contributed by atoms with van der Waals surface area (Å²) in [5, 5.41) is 11.7. The SMILES string of the molecule is CCCC(CNC(=O)CC(C)CC(C)C)C(=O)O. The molecule has 2 unspecified atom stereocenters. The third kappa shape index (κ3) is 8.09. The second-order valence-corrected chi connectivity index (χ2v) is 5.57. The number of amides is 1. The minimum Gasteiger partial charge on any atom is -0.481 e. The van der Waals surface area contributed by atoms with Crippen LogP contribution in [0.25, 0.3) is 0 Å². The van der Waals surface area contributed by atoms with Gasteiger partial charge < -0.3 is 10.4 Å². The maximum absolute atomic E-state index is 11.7. The van der Waals surface area contributed by atoms with Crippen molar-refractivity contribution < 1.29 is 14.7 Å². The molecule has 0 rings (SSSR count). The van der Waals surface area contributed by atoms with Gasteiger partial charge in [-0.2, -0.15) is 0 Å². The summed E-state index contributed by atoms with van der Waals surface area (Å²) >= 11 is 0. The normalized spacial score (nSPS) is 14.3. The van der Waals surface area contributed by atoms with E-state index >= 15 is 0 Å². The lowest BCUT2D eigenvalue weighted by Gasteiger charge is -2.15. The highest BCUT2D eigenvalue weighted by Crippen LogP contribution is 2.14. The molecule has 0 radical (unpaired) electrons. The number of hydrogen-bond acceptors (Lipinski definition) is 2. The Morgan fingerprint density at radius 2 is 1.83 bits per heavy atom. The highest BCUT2D eigenvalue weighted by molar-refractivity contribution is 5.77. The molecule has 4 nitrogen and oxygen atoms in total. The Balaban J connectivity index is 3.97. The van der Waals surface area contributed by atoms with Gasteiger partial charge in [0.1, 0.15) is 0 Å². The van der Waals surface area contributed by atoms with Crippen molar-refractivity contribution in [3.05, 3.63) is 0 Å². The van der Waals surface area contributed by atoms with E-state index in [0.717, 1.165) is 12.8 Å². The molecule has 0 fully saturated rings. The molecule has 1 amide bonds. The third-order valence-electron chi connectivity index (χ3n) is 2.94. The Hall–Kier alpha value is -1.06. The average molecular weight is 257 g/mol. The molecule has 0 saturated carbocycles. The Morgan fingerprint density at radius 3 is 2.28 bits per heavy atom. The first-order valence-corrected chi connectivity index (χ1v) is 6.86. The molecule has 0 aromatic heterocycles. The summed E-state index contributed by atoms with van der Waals surface area (Å²) in [5.74, 6) is -0.392. The molecule has 0 bridgehead atoms.